The van der Waals surface area contributed by atoms with Crippen molar-refractivity contribution in [1.82, 2.24) is 15.2 Å². The van der Waals surface area contributed by atoms with E-state index in [2.05, 4.69) is 15.2 Å². The first-order valence-corrected chi connectivity index (χ1v) is 6.13. The number of ether oxygens (including phenoxy) is 2. The van der Waals surface area contributed by atoms with Gasteiger partial charge in [0.25, 0.3) is 0 Å². The van der Waals surface area contributed by atoms with Gasteiger partial charge in [-0.1, -0.05) is 30.3 Å². The maximum atomic E-state index is 5.28. The second-order valence-corrected chi connectivity index (χ2v) is 4.20. The maximum absolute atomic E-state index is 5.28. The minimum Gasteiger partial charge on any atom is -0.493 e. The fourth-order valence-corrected chi connectivity index (χ4v) is 1.97. The molecule has 0 N–H and O–H groups in total. The summed E-state index contributed by atoms with van der Waals surface area (Å²) in [5, 5.41) is 8.34. The normalized spacial score (nSPS) is 10.5. The van der Waals surface area contributed by atoms with Gasteiger partial charge in [-0.15, -0.1) is 10.2 Å². The third-order valence-corrected chi connectivity index (χ3v) is 2.99. The maximum Gasteiger partial charge on any atom is 0.182 e. The van der Waals surface area contributed by atoms with E-state index >= 15 is 0 Å². The van der Waals surface area contributed by atoms with E-state index in [0.29, 0.717) is 22.8 Å². The molecule has 0 saturated carbocycles. The Bertz CT molecular complexity index is 745. The van der Waals surface area contributed by atoms with Crippen molar-refractivity contribution in [3.8, 4) is 22.9 Å². The van der Waals surface area contributed by atoms with Gasteiger partial charge in [0.2, 0.25) is 0 Å². The second-order valence-electron chi connectivity index (χ2n) is 4.20. The summed E-state index contributed by atoms with van der Waals surface area (Å²) in [6, 6.07) is 13.3. The monoisotopic (exact) mass is 267 g/mol. The smallest absolute Gasteiger partial charge is 0.182 e. The van der Waals surface area contributed by atoms with Crippen LogP contribution in [0.2, 0.25) is 0 Å². The topological polar surface area (TPSA) is 57.1 Å². The van der Waals surface area contributed by atoms with E-state index in [4.69, 9.17) is 9.47 Å². The molecule has 0 atom stereocenters. The third-order valence-electron chi connectivity index (χ3n) is 2.99. The van der Waals surface area contributed by atoms with Gasteiger partial charge in [0.1, 0.15) is 5.52 Å². The van der Waals surface area contributed by atoms with E-state index in [1.807, 2.05) is 30.3 Å². The minimum atomic E-state index is 0.588. The van der Waals surface area contributed by atoms with Gasteiger partial charge in [-0.3, -0.25) is 0 Å². The number of benzene rings is 2. The van der Waals surface area contributed by atoms with Crippen LogP contribution >= 0.6 is 0 Å². The minimum absolute atomic E-state index is 0.588. The lowest BCUT2D eigenvalue weighted by Gasteiger charge is -2.08. The van der Waals surface area contributed by atoms with E-state index in [1.54, 1.807) is 26.4 Å². The molecule has 2 aromatic carbocycles. The van der Waals surface area contributed by atoms with Gasteiger partial charge in [-0.25, -0.2) is 4.98 Å². The van der Waals surface area contributed by atoms with Crippen molar-refractivity contribution in [3.63, 3.8) is 0 Å². The summed E-state index contributed by atoms with van der Waals surface area (Å²) in [7, 11) is 3.18. The predicted molar refractivity (Wildman–Crippen MR) is 75.9 cm³/mol. The first kappa shape index (κ1) is 12.3. The number of fused-ring (bicyclic) bond motifs is 1. The van der Waals surface area contributed by atoms with E-state index in [1.165, 1.54) is 0 Å². The molecule has 0 fully saturated rings. The molecule has 0 aliphatic carbocycles. The summed E-state index contributed by atoms with van der Waals surface area (Å²) < 4.78 is 10.5. The molecule has 3 aromatic rings. The predicted octanol–water partition coefficient (Wildman–Crippen LogP) is 2.71. The zero-order chi connectivity index (χ0) is 13.9. The molecule has 1 aromatic heterocycles. The molecule has 0 amide bonds. The van der Waals surface area contributed by atoms with Crippen molar-refractivity contribution >= 4 is 11.0 Å². The lowest BCUT2D eigenvalue weighted by Crippen LogP contribution is -1.96. The molecule has 1 heterocycles. The highest BCUT2D eigenvalue weighted by atomic mass is 16.5. The molecule has 20 heavy (non-hydrogen) atoms. The molecule has 0 spiro atoms. The van der Waals surface area contributed by atoms with Gasteiger partial charge in [-0.05, 0) is 0 Å². The number of nitrogens with zero attached hydrogens (tertiary/aromatic N) is 3. The Morgan fingerprint density at radius 1 is 0.800 bits per heavy atom. The molecule has 3 rings (SSSR count). The molecule has 5 heteroatoms. The highest BCUT2D eigenvalue weighted by molar-refractivity contribution is 5.79. The fraction of sp³-hybridized carbons (Fsp3) is 0.133. The number of rotatable bonds is 3. The van der Waals surface area contributed by atoms with Crippen LogP contribution in [0.25, 0.3) is 22.4 Å². The summed E-state index contributed by atoms with van der Waals surface area (Å²) in [6.45, 7) is 0. The lowest BCUT2D eigenvalue weighted by atomic mass is 10.2. The van der Waals surface area contributed by atoms with Crippen LogP contribution < -0.4 is 9.47 Å². The van der Waals surface area contributed by atoms with Crippen LogP contribution in [0.15, 0.2) is 42.5 Å². The van der Waals surface area contributed by atoms with Crippen molar-refractivity contribution in [1.29, 1.82) is 0 Å². The van der Waals surface area contributed by atoms with Gasteiger partial charge >= 0.3 is 0 Å². The molecular weight excluding hydrogens is 254 g/mol. The second kappa shape index (κ2) is 5.13. The van der Waals surface area contributed by atoms with Gasteiger partial charge in [-0.2, -0.15) is 0 Å². The highest BCUT2D eigenvalue weighted by Crippen LogP contribution is 2.30. The van der Waals surface area contributed by atoms with Gasteiger partial charge in [0.05, 0.1) is 19.7 Å². The SMILES string of the molecule is COc1cc2nnc(-c3ccccc3)nc2cc1OC. The molecule has 0 unspecified atom stereocenters. The number of hydrogen-bond donors (Lipinski definition) is 0. The highest BCUT2D eigenvalue weighted by Gasteiger charge is 2.10. The Balaban J connectivity index is 2.16. The van der Waals surface area contributed by atoms with Crippen LogP contribution in [-0.2, 0) is 0 Å². The van der Waals surface area contributed by atoms with Crippen LogP contribution in [0.4, 0.5) is 0 Å². The number of aromatic nitrogens is 3. The number of hydrogen-bond acceptors (Lipinski definition) is 5. The van der Waals surface area contributed by atoms with Gasteiger partial charge in [0.15, 0.2) is 17.3 Å². The van der Waals surface area contributed by atoms with Crippen molar-refractivity contribution in [2.45, 2.75) is 0 Å². The van der Waals surface area contributed by atoms with E-state index < -0.39 is 0 Å². The van der Waals surface area contributed by atoms with Crippen molar-refractivity contribution in [3.05, 3.63) is 42.5 Å². The van der Waals surface area contributed by atoms with Crippen LogP contribution in [0.1, 0.15) is 0 Å². The molecule has 5 nitrogen and oxygen atoms in total. The van der Waals surface area contributed by atoms with Crippen LogP contribution in [0, 0.1) is 0 Å². The van der Waals surface area contributed by atoms with Crippen molar-refractivity contribution in [2.75, 3.05) is 14.2 Å². The van der Waals surface area contributed by atoms with E-state index in [-0.39, 0.29) is 0 Å². The molecule has 100 valence electrons. The Labute approximate surface area is 116 Å². The van der Waals surface area contributed by atoms with Crippen molar-refractivity contribution in [2.24, 2.45) is 0 Å². The molecule has 0 saturated heterocycles. The fourth-order valence-electron chi connectivity index (χ4n) is 1.97. The Hall–Kier alpha value is -2.69. The molecule has 0 aliphatic heterocycles. The van der Waals surface area contributed by atoms with Crippen LogP contribution in [-0.4, -0.2) is 29.4 Å². The van der Waals surface area contributed by atoms with Crippen molar-refractivity contribution < 1.29 is 9.47 Å². The first-order valence-electron chi connectivity index (χ1n) is 6.13. The Kier molecular flexibility index (Phi) is 3.16. The molecule has 0 bridgehead atoms. The standard InChI is InChI=1S/C15H13N3O2/c1-19-13-8-11-12(9-14(13)20-2)17-18-15(16-11)10-6-4-3-5-7-10/h3-9H,1-2H3. The molecular formula is C15H13N3O2. The summed E-state index contributed by atoms with van der Waals surface area (Å²) in [5.74, 6) is 1.83. The van der Waals surface area contributed by atoms with E-state index in [0.717, 1.165) is 11.1 Å². The zero-order valence-electron chi connectivity index (χ0n) is 11.2. The molecule has 0 aliphatic rings. The van der Waals surface area contributed by atoms with E-state index in [9.17, 15) is 0 Å². The first-order chi connectivity index (χ1) is 9.81. The Morgan fingerprint density at radius 2 is 1.45 bits per heavy atom. The average Bonchev–Trinajstić information content (AvgIpc) is 2.53. The molecule has 0 radical (unpaired) electrons. The quantitative estimate of drug-likeness (QED) is 0.730. The van der Waals surface area contributed by atoms with Crippen LogP contribution in [0.3, 0.4) is 0 Å². The average molecular weight is 267 g/mol. The van der Waals surface area contributed by atoms with Crippen LogP contribution in [0.5, 0.6) is 11.5 Å². The summed E-state index contributed by atoms with van der Waals surface area (Å²) in [5.41, 5.74) is 2.32. The summed E-state index contributed by atoms with van der Waals surface area (Å²) in [4.78, 5) is 4.52. The summed E-state index contributed by atoms with van der Waals surface area (Å²) >= 11 is 0. The zero-order valence-corrected chi connectivity index (χ0v) is 11.2. The lowest BCUT2D eigenvalue weighted by molar-refractivity contribution is 0.355. The third kappa shape index (κ3) is 2.14. The van der Waals surface area contributed by atoms with Gasteiger partial charge < -0.3 is 9.47 Å². The van der Waals surface area contributed by atoms with Gasteiger partial charge in [0, 0.05) is 17.7 Å². The number of methoxy groups -OCH3 is 2. The summed E-state index contributed by atoms with van der Waals surface area (Å²) in [6.07, 6.45) is 0. The Morgan fingerprint density at radius 3 is 2.10 bits per heavy atom. The largest absolute Gasteiger partial charge is 0.493 e.